The van der Waals surface area contributed by atoms with Crippen molar-refractivity contribution < 1.29 is 9.32 Å². The summed E-state index contributed by atoms with van der Waals surface area (Å²) in [6.07, 6.45) is 2.72. The van der Waals surface area contributed by atoms with E-state index in [1.165, 1.54) is 5.56 Å². The summed E-state index contributed by atoms with van der Waals surface area (Å²) < 4.78 is 18.5. The molecular weight excluding hydrogens is 386 g/mol. The summed E-state index contributed by atoms with van der Waals surface area (Å²) in [5.41, 5.74) is 3.82. The van der Waals surface area contributed by atoms with Gasteiger partial charge in [-0.3, -0.25) is 4.78 Å². The normalized spacial score (nSPS) is 12.9. The van der Waals surface area contributed by atoms with E-state index in [0.717, 1.165) is 23.2 Å². The van der Waals surface area contributed by atoms with Crippen molar-refractivity contribution in [3.05, 3.63) is 60.3 Å². The van der Waals surface area contributed by atoms with Gasteiger partial charge in [-0.1, -0.05) is 31.2 Å². The van der Waals surface area contributed by atoms with Crippen LogP contribution in [0.5, 0.6) is 0 Å². The van der Waals surface area contributed by atoms with Gasteiger partial charge in [0.25, 0.3) is 0 Å². The number of benzene rings is 2. The first-order chi connectivity index (χ1) is 14.0. The van der Waals surface area contributed by atoms with Crippen LogP contribution >= 0.6 is 0 Å². The van der Waals surface area contributed by atoms with E-state index in [9.17, 15) is 9.32 Å². The zero-order valence-corrected chi connectivity index (χ0v) is 17.3. The number of aryl methyl sites for hydroxylation is 1. The van der Waals surface area contributed by atoms with E-state index in [1.54, 1.807) is 30.5 Å². The first-order valence-electron chi connectivity index (χ1n) is 9.39. The molecule has 0 amide bonds. The van der Waals surface area contributed by atoms with Gasteiger partial charge in [0.15, 0.2) is 0 Å². The van der Waals surface area contributed by atoms with E-state index < -0.39 is 10.6 Å². The lowest BCUT2D eigenvalue weighted by Crippen LogP contribution is -2.21. The van der Waals surface area contributed by atoms with Crippen LogP contribution in [-0.4, -0.2) is 31.9 Å². The summed E-state index contributed by atoms with van der Waals surface area (Å²) in [6, 6.07) is 14.8. The number of thiol groups is 1. The average Bonchev–Trinajstić information content (AvgIpc) is 2.74. The lowest BCUT2D eigenvalue weighted by atomic mass is 10.0. The van der Waals surface area contributed by atoms with E-state index in [4.69, 9.17) is 4.78 Å². The minimum Gasteiger partial charge on any atom is -0.394 e. The molecule has 29 heavy (non-hydrogen) atoms. The molecule has 0 aliphatic rings. The van der Waals surface area contributed by atoms with Gasteiger partial charge < -0.3 is 15.7 Å². The Balaban J connectivity index is 1.91. The maximum absolute atomic E-state index is 11.2. The number of rotatable bonds is 8. The molecule has 0 fully saturated rings. The second-order valence-electron chi connectivity index (χ2n) is 6.70. The van der Waals surface area contributed by atoms with Crippen molar-refractivity contribution in [2.45, 2.75) is 31.2 Å². The SMILES string of the molecule is CCc1ccc(-c2cnc(Nc3ccc([SH](=N)=O)cc3)nc2N[C@H](C)CO)cc1. The summed E-state index contributed by atoms with van der Waals surface area (Å²) in [5, 5.41) is 15.8. The van der Waals surface area contributed by atoms with Gasteiger partial charge in [0, 0.05) is 28.4 Å². The van der Waals surface area contributed by atoms with Crippen molar-refractivity contribution in [1.82, 2.24) is 9.97 Å². The Hall–Kier alpha value is -2.97. The molecule has 0 spiro atoms. The molecule has 3 rings (SSSR count). The molecule has 3 aromatic rings. The zero-order chi connectivity index (χ0) is 20.8. The van der Waals surface area contributed by atoms with Crippen LogP contribution in [0.4, 0.5) is 17.5 Å². The lowest BCUT2D eigenvalue weighted by Gasteiger charge is -2.17. The molecule has 0 saturated carbocycles. The van der Waals surface area contributed by atoms with Crippen molar-refractivity contribution in [3.8, 4) is 11.1 Å². The highest BCUT2D eigenvalue weighted by atomic mass is 32.2. The fraction of sp³-hybridized carbons (Fsp3) is 0.238. The largest absolute Gasteiger partial charge is 0.394 e. The van der Waals surface area contributed by atoms with E-state index >= 15 is 0 Å². The predicted molar refractivity (Wildman–Crippen MR) is 117 cm³/mol. The predicted octanol–water partition coefficient (Wildman–Crippen LogP) is 3.84. The Morgan fingerprint density at radius 2 is 1.83 bits per heavy atom. The highest BCUT2D eigenvalue weighted by molar-refractivity contribution is 7.73. The molecule has 1 heterocycles. The maximum atomic E-state index is 11.2. The second-order valence-corrected chi connectivity index (χ2v) is 7.81. The van der Waals surface area contributed by atoms with Gasteiger partial charge in [0.2, 0.25) is 5.95 Å². The molecule has 0 aliphatic carbocycles. The van der Waals surface area contributed by atoms with E-state index in [1.807, 2.05) is 19.1 Å². The van der Waals surface area contributed by atoms with Crippen molar-refractivity contribution in [3.63, 3.8) is 0 Å². The Kier molecular flexibility index (Phi) is 6.79. The molecule has 0 saturated heterocycles. The number of hydrogen-bond donors (Lipinski definition) is 5. The second kappa shape index (κ2) is 9.49. The van der Waals surface area contributed by atoms with Crippen LogP contribution in [0.25, 0.3) is 11.1 Å². The number of aromatic nitrogens is 2. The van der Waals surface area contributed by atoms with E-state index in [0.29, 0.717) is 16.7 Å². The summed E-state index contributed by atoms with van der Waals surface area (Å²) in [5.74, 6) is 1.02. The quantitative estimate of drug-likeness (QED) is 0.360. The topological polar surface area (TPSA) is 111 Å². The fourth-order valence-corrected chi connectivity index (χ4v) is 3.19. The van der Waals surface area contributed by atoms with Crippen LogP contribution in [0.1, 0.15) is 19.4 Å². The molecule has 8 heteroatoms. The van der Waals surface area contributed by atoms with Crippen molar-refractivity contribution >= 4 is 28.0 Å². The number of aliphatic hydroxyl groups excluding tert-OH is 1. The first-order valence-corrected chi connectivity index (χ1v) is 10.7. The molecule has 7 nitrogen and oxygen atoms in total. The summed E-state index contributed by atoms with van der Waals surface area (Å²) in [7, 11) is -2.11. The third-order valence-corrected chi connectivity index (χ3v) is 5.24. The van der Waals surface area contributed by atoms with Crippen LogP contribution < -0.4 is 10.6 Å². The minimum atomic E-state index is -2.11. The molecule has 0 radical (unpaired) electrons. The number of anilines is 3. The van der Waals surface area contributed by atoms with Gasteiger partial charge >= 0.3 is 0 Å². The molecule has 0 aliphatic heterocycles. The molecule has 4 N–H and O–H groups in total. The standard InChI is InChI=1S/C21H25N5O2S/c1-3-15-4-6-16(7-5-15)19-12-23-21(26-20(19)24-14(2)13-27)25-17-8-10-18(11-9-17)29(22)28/h4-12,14,22,27,29H,3,13H2,1-2H3,(H2,23,24,25,26)/t14-/m1/s1. The third kappa shape index (κ3) is 5.30. The van der Waals surface area contributed by atoms with E-state index in [2.05, 4.69) is 39.7 Å². The lowest BCUT2D eigenvalue weighted by molar-refractivity contribution is 0.281. The number of nitrogens with zero attached hydrogens (tertiary/aromatic N) is 2. The van der Waals surface area contributed by atoms with Gasteiger partial charge in [-0.25, -0.2) is 9.19 Å². The highest BCUT2D eigenvalue weighted by Gasteiger charge is 2.12. The van der Waals surface area contributed by atoms with Crippen LogP contribution in [0.15, 0.2) is 59.6 Å². The maximum Gasteiger partial charge on any atom is 0.229 e. The number of aliphatic hydroxyl groups is 1. The monoisotopic (exact) mass is 411 g/mol. The highest BCUT2D eigenvalue weighted by Crippen LogP contribution is 2.28. The molecule has 1 unspecified atom stereocenters. The molecule has 1 aromatic heterocycles. The van der Waals surface area contributed by atoms with Gasteiger partial charge in [0.05, 0.1) is 17.2 Å². The van der Waals surface area contributed by atoms with Crippen molar-refractivity contribution in [1.29, 1.82) is 4.78 Å². The van der Waals surface area contributed by atoms with Crippen LogP contribution in [0.3, 0.4) is 0 Å². The average molecular weight is 412 g/mol. The molecule has 0 bridgehead atoms. The summed E-state index contributed by atoms with van der Waals surface area (Å²) in [4.78, 5) is 9.49. The smallest absolute Gasteiger partial charge is 0.229 e. The Bertz CT molecular complexity index is 1030. The Labute approximate surface area is 172 Å². The van der Waals surface area contributed by atoms with Crippen molar-refractivity contribution in [2.75, 3.05) is 17.2 Å². The zero-order valence-electron chi connectivity index (χ0n) is 16.4. The van der Waals surface area contributed by atoms with Gasteiger partial charge in [-0.2, -0.15) is 4.98 Å². The Morgan fingerprint density at radius 3 is 2.41 bits per heavy atom. The van der Waals surface area contributed by atoms with E-state index in [-0.39, 0.29) is 12.6 Å². The van der Waals surface area contributed by atoms with Crippen LogP contribution in [-0.2, 0) is 17.0 Å². The van der Waals surface area contributed by atoms with Crippen molar-refractivity contribution in [2.24, 2.45) is 0 Å². The summed E-state index contributed by atoms with van der Waals surface area (Å²) >= 11 is 0. The number of hydrogen-bond acceptors (Lipinski definition) is 7. The van der Waals surface area contributed by atoms with Crippen LogP contribution in [0.2, 0.25) is 0 Å². The minimum absolute atomic E-state index is 0.0201. The van der Waals surface area contributed by atoms with Gasteiger partial charge in [-0.15, -0.1) is 0 Å². The van der Waals surface area contributed by atoms with Gasteiger partial charge in [-0.05, 0) is 48.7 Å². The first kappa shape index (κ1) is 20.8. The third-order valence-electron chi connectivity index (χ3n) is 4.48. The molecule has 152 valence electrons. The van der Waals surface area contributed by atoms with Crippen LogP contribution in [0, 0.1) is 4.78 Å². The summed E-state index contributed by atoms with van der Waals surface area (Å²) in [6.45, 7) is 3.97. The molecular formula is C21H25N5O2S. The fourth-order valence-electron chi connectivity index (χ4n) is 2.77. The Morgan fingerprint density at radius 1 is 1.14 bits per heavy atom. The molecule has 2 atom stereocenters. The van der Waals surface area contributed by atoms with Gasteiger partial charge in [0.1, 0.15) is 5.82 Å². The molecule has 2 aromatic carbocycles. The number of nitrogens with one attached hydrogen (secondary N) is 3.